The topological polar surface area (TPSA) is 67.8 Å². The number of carbonyl (C=O) groups is 1. The fraction of sp³-hybridized carbons (Fsp3) is 0.591. The number of hydrogen-bond donors (Lipinski definition) is 2. The Morgan fingerprint density at radius 3 is 2.52 bits per heavy atom. The fourth-order valence-corrected chi connectivity index (χ4v) is 3.67. The van der Waals surface area contributed by atoms with Crippen molar-refractivity contribution in [2.24, 2.45) is 11.8 Å². The zero-order valence-electron chi connectivity index (χ0n) is 16.3. The Balaban J connectivity index is 1.60. The molecule has 0 spiro atoms. The second-order valence-corrected chi connectivity index (χ2v) is 7.96. The van der Waals surface area contributed by atoms with Crippen LogP contribution in [0.3, 0.4) is 0 Å². The minimum Gasteiger partial charge on any atom is -0.459 e. The molecule has 1 saturated carbocycles. The normalized spacial score (nSPS) is 23.2. The SMILES string of the molecule is CC(C)[C@H]1C=C(C(=O)NC2CCCC2)O[C@@H](OCc2ccc(CO)cc2)C1. The van der Waals surface area contributed by atoms with E-state index in [1.807, 2.05) is 30.3 Å². The molecule has 0 saturated heterocycles. The first-order valence-corrected chi connectivity index (χ1v) is 10.0. The molecule has 148 valence electrons. The lowest BCUT2D eigenvalue weighted by atomic mass is 9.90. The van der Waals surface area contributed by atoms with Gasteiger partial charge in [0.05, 0.1) is 13.2 Å². The summed E-state index contributed by atoms with van der Waals surface area (Å²) in [6, 6.07) is 7.93. The zero-order chi connectivity index (χ0) is 19.2. The molecule has 5 nitrogen and oxygen atoms in total. The molecule has 0 bridgehead atoms. The molecule has 1 aromatic rings. The molecule has 2 aliphatic rings. The van der Waals surface area contributed by atoms with Crippen LogP contribution in [-0.4, -0.2) is 23.3 Å². The molecule has 1 heterocycles. The van der Waals surface area contributed by atoms with Crippen LogP contribution < -0.4 is 5.32 Å². The van der Waals surface area contributed by atoms with Crippen molar-refractivity contribution in [3.05, 3.63) is 47.2 Å². The van der Waals surface area contributed by atoms with E-state index >= 15 is 0 Å². The van der Waals surface area contributed by atoms with Gasteiger partial charge in [-0.3, -0.25) is 4.79 Å². The van der Waals surface area contributed by atoms with Gasteiger partial charge in [0, 0.05) is 12.5 Å². The molecular formula is C22H31NO4. The Bertz CT molecular complexity index is 647. The molecule has 3 rings (SSSR count). The molecular weight excluding hydrogens is 342 g/mol. The highest BCUT2D eigenvalue weighted by molar-refractivity contribution is 5.91. The summed E-state index contributed by atoms with van der Waals surface area (Å²) in [6.07, 6.45) is 6.74. The molecule has 1 aliphatic carbocycles. The Labute approximate surface area is 161 Å². The van der Waals surface area contributed by atoms with Crippen molar-refractivity contribution in [3.63, 3.8) is 0 Å². The largest absolute Gasteiger partial charge is 0.459 e. The van der Waals surface area contributed by atoms with Crippen molar-refractivity contribution >= 4 is 5.91 Å². The molecule has 27 heavy (non-hydrogen) atoms. The van der Waals surface area contributed by atoms with Gasteiger partial charge in [-0.1, -0.05) is 51.0 Å². The summed E-state index contributed by atoms with van der Waals surface area (Å²) in [6.45, 7) is 4.76. The van der Waals surface area contributed by atoms with Gasteiger partial charge in [-0.15, -0.1) is 0 Å². The van der Waals surface area contributed by atoms with E-state index in [0.29, 0.717) is 18.3 Å². The number of allylic oxidation sites excluding steroid dienone is 1. The quantitative estimate of drug-likeness (QED) is 0.765. The highest BCUT2D eigenvalue weighted by Crippen LogP contribution is 2.29. The van der Waals surface area contributed by atoms with Gasteiger partial charge in [-0.05, 0) is 41.9 Å². The van der Waals surface area contributed by atoms with Crippen molar-refractivity contribution in [2.75, 3.05) is 0 Å². The number of aliphatic hydroxyl groups is 1. The molecule has 1 aromatic carbocycles. The molecule has 0 radical (unpaired) electrons. The van der Waals surface area contributed by atoms with E-state index in [1.54, 1.807) is 0 Å². The number of benzene rings is 1. The maximum absolute atomic E-state index is 12.6. The first-order chi connectivity index (χ1) is 13.0. The van der Waals surface area contributed by atoms with E-state index in [2.05, 4.69) is 19.2 Å². The third kappa shape index (κ3) is 5.56. The van der Waals surface area contributed by atoms with Crippen LogP contribution in [0.15, 0.2) is 36.1 Å². The molecule has 5 heteroatoms. The van der Waals surface area contributed by atoms with Crippen molar-refractivity contribution in [1.82, 2.24) is 5.32 Å². The Kier molecular flexibility index (Phi) is 6.91. The third-order valence-corrected chi connectivity index (χ3v) is 5.50. The van der Waals surface area contributed by atoms with E-state index in [-0.39, 0.29) is 24.5 Å². The van der Waals surface area contributed by atoms with E-state index in [9.17, 15) is 4.79 Å². The molecule has 0 aromatic heterocycles. The van der Waals surface area contributed by atoms with Crippen LogP contribution in [0, 0.1) is 11.8 Å². The minimum absolute atomic E-state index is 0.0349. The lowest BCUT2D eigenvalue weighted by Crippen LogP contribution is -2.38. The van der Waals surface area contributed by atoms with Gasteiger partial charge in [0.25, 0.3) is 5.91 Å². The molecule has 1 amide bonds. The van der Waals surface area contributed by atoms with Crippen LogP contribution in [0.5, 0.6) is 0 Å². The van der Waals surface area contributed by atoms with Crippen LogP contribution in [0.1, 0.15) is 57.1 Å². The number of carbonyl (C=O) groups excluding carboxylic acids is 1. The van der Waals surface area contributed by atoms with Gasteiger partial charge in [-0.25, -0.2) is 0 Å². The van der Waals surface area contributed by atoms with Gasteiger partial charge < -0.3 is 19.9 Å². The van der Waals surface area contributed by atoms with E-state index in [4.69, 9.17) is 14.6 Å². The summed E-state index contributed by atoms with van der Waals surface area (Å²) in [5.41, 5.74) is 1.89. The highest BCUT2D eigenvalue weighted by atomic mass is 16.7. The number of nitrogens with one attached hydrogen (secondary N) is 1. The number of ether oxygens (including phenoxy) is 2. The summed E-state index contributed by atoms with van der Waals surface area (Å²) >= 11 is 0. The number of aliphatic hydroxyl groups excluding tert-OH is 1. The van der Waals surface area contributed by atoms with Crippen molar-refractivity contribution in [1.29, 1.82) is 0 Å². The smallest absolute Gasteiger partial charge is 0.286 e. The van der Waals surface area contributed by atoms with Gasteiger partial charge in [0.15, 0.2) is 5.76 Å². The highest BCUT2D eigenvalue weighted by Gasteiger charge is 2.30. The van der Waals surface area contributed by atoms with Crippen molar-refractivity contribution in [3.8, 4) is 0 Å². The van der Waals surface area contributed by atoms with E-state index in [1.165, 1.54) is 12.8 Å². The van der Waals surface area contributed by atoms with Crippen LogP contribution in [-0.2, 0) is 27.5 Å². The number of hydrogen-bond acceptors (Lipinski definition) is 4. The minimum atomic E-state index is -0.427. The van der Waals surface area contributed by atoms with E-state index < -0.39 is 6.29 Å². The third-order valence-electron chi connectivity index (χ3n) is 5.50. The van der Waals surface area contributed by atoms with Gasteiger partial charge in [-0.2, -0.15) is 0 Å². The fourth-order valence-electron chi connectivity index (χ4n) is 3.67. The predicted molar refractivity (Wildman–Crippen MR) is 103 cm³/mol. The second-order valence-electron chi connectivity index (χ2n) is 7.96. The monoisotopic (exact) mass is 373 g/mol. The van der Waals surface area contributed by atoms with Crippen LogP contribution in [0.2, 0.25) is 0 Å². The average molecular weight is 373 g/mol. The van der Waals surface area contributed by atoms with Crippen molar-refractivity contribution < 1.29 is 19.4 Å². The standard InChI is InChI=1S/C22H31NO4/c1-15(2)18-11-20(22(25)23-19-5-3-4-6-19)27-21(12-18)26-14-17-9-7-16(13-24)8-10-17/h7-11,15,18-19,21,24H,3-6,12-14H2,1-2H3,(H,23,25)/t18-,21+/m0/s1. The Hall–Kier alpha value is -1.85. The average Bonchev–Trinajstić information content (AvgIpc) is 3.19. The number of rotatable bonds is 7. The molecule has 2 atom stereocenters. The van der Waals surface area contributed by atoms with Crippen molar-refractivity contribution in [2.45, 2.75) is 71.5 Å². The van der Waals surface area contributed by atoms with Crippen LogP contribution in [0.25, 0.3) is 0 Å². The lowest BCUT2D eigenvalue weighted by molar-refractivity contribution is -0.155. The zero-order valence-corrected chi connectivity index (χ0v) is 16.3. The molecule has 1 fully saturated rings. The first-order valence-electron chi connectivity index (χ1n) is 10.0. The maximum Gasteiger partial charge on any atom is 0.286 e. The lowest BCUT2D eigenvalue weighted by Gasteiger charge is -2.31. The second kappa shape index (κ2) is 9.38. The summed E-state index contributed by atoms with van der Waals surface area (Å²) in [7, 11) is 0. The Morgan fingerprint density at radius 2 is 1.89 bits per heavy atom. The first kappa shape index (κ1) is 19.9. The van der Waals surface area contributed by atoms with Crippen LogP contribution >= 0.6 is 0 Å². The summed E-state index contributed by atoms with van der Waals surface area (Å²) in [4.78, 5) is 12.6. The maximum atomic E-state index is 12.6. The summed E-state index contributed by atoms with van der Waals surface area (Å²) < 4.78 is 11.9. The number of amides is 1. The van der Waals surface area contributed by atoms with E-state index in [0.717, 1.165) is 30.4 Å². The van der Waals surface area contributed by atoms with Crippen LogP contribution in [0.4, 0.5) is 0 Å². The summed E-state index contributed by atoms with van der Waals surface area (Å²) in [5, 5.41) is 12.2. The molecule has 2 N–H and O–H groups in total. The predicted octanol–water partition coefficient (Wildman–Crippen LogP) is 3.66. The Morgan fingerprint density at radius 1 is 1.22 bits per heavy atom. The van der Waals surface area contributed by atoms with Gasteiger partial charge in [0.2, 0.25) is 6.29 Å². The molecule has 1 aliphatic heterocycles. The van der Waals surface area contributed by atoms with Gasteiger partial charge >= 0.3 is 0 Å². The van der Waals surface area contributed by atoms with Gasteiger partial charge in [0.1, 0.15) is 0 Å². The summed E-state index contributed by atoms with van der Waals surface area (Å²) in [5.74, 6) is 0.948. The molecule has 0 unspecified atom stereocenters.